The first-order valence-corrected chi connectivity index (χ1v) is 7.11. The molecule has 0 aliphatic heterocycles. The SMILES string of the molecule is CCNc1cc(-c2c(F)ccc(Br)c2F)nc(CC)n1. The molecule has 0 fully saturated rings. The maximum atomic E-state index is 14.1. The van der Waals surface area contributed by atoms with E-state index in [-0.39, 0.29) is 15.7 Å². The third-order valence-corrected chi connectivity index (χ3v) is 3.36. The van der Waals surface area contributed by atoms with Crippen LogP contribution in [0.15, 0.2) is 22.7 Å². The highest BCUT2D eigenvalue weighted by molar-refractivity contribution is 9.10. The van der Waals surface area contributed by atoms with E-state index in [0.29, 0.717) is 24.6 Å². The first-order valence-electron chi connectivity index (χ1n) is 6.32. The number of nitrogens with zero attached hydrogens (tertiary/aromatic N) is 2. The van der Waals surface area contributed by atoms with Crippen LogP contribution >= 0.6 is 15.9 Å². The second kappa shape index (κ2) is 6.26. The number of halogens is 3. The van der Waals surface area contributed by atoms with Crippen LogP contribution in [-0.4, -0.2) is 16.5 Å². The standard InChI is InChI=1S/C14H14BrF2N3/c1-3-11-19-10(7-12(20-11)18-4-2)13-9(16)6-5-8(15)14(13)17/h5-7H,3-4H2,1-2H3,(H,18,19,20). The molecule has 1 aromatic carbocycles. The molecule has 6 heteroatoms. The van der Waals surface area contributed by atoms with Crippen molar-refractivity contribution in [2.45, 2.75) is 20.3 Å². The average Bonchev–Trinajstić information content (AvgIpc) is 2.43. The number of aromatic nitrogens is 2. The molecule has 1 heterocycles. The number of aryl methyl sites for hydroxylation is 1. The number of nitrogens with one attached hydrogen (secondary N) is 1. The topological polar surface area (TPSA) is 37.8 Å². The van der Waals surface area contributed by atoms with Gasteiger partial charge in [-0.2, -0.15) is 0 Å². The van der Waals surface area contributed by atoms with Gasteiger partial charge in [0.25, 0.3) is 0 Å². The van der Waals surface area contributed by atoms with Crippen LogP contribution in [-0.2, 0) is 6.42 Å². The molecule has 1 N–H and O–H groups in total. The predicted octanol–water partition coefficient (Wildman–Crippen LogP) is 4.18. The third kappa shape index (κ3) is 2.95. The maximum absolute atomic E-state index is 14.1. The Labute approximate surface area is 124 Å². The average molecular weight is 342 g/mol. The molecule has 3 nitrogen and oxygen atoms in total. The van der Waals surface area contributed by atoms with E-state index in [0.717, 1.165) is 0 Å². The zero-order chi connectivity index (χ0) is 14.7. The largest absolute Gasteiger partial charge is 0.370 e. The summed E-state index contributed by atoms with van der Waals surface area (Å²) in [5.74, 6) is -0.201. The summed E-state index contributed by atoms with van der Waals surface area (Å²) in [6.07, 6.45) is 0.587. The molecule has 2 rings (SSSR count). The van der Waals surface area contributed by atoms with Crippen LogP contribution in [0.5, 0.6) is 0 Å². The van der Waals surface area contributed by atoms with Crippen molar-refractivity contribution in [2.24, 2.45) is 0 Å². The highest BCUT2D eigenvalue weighted by Crippen LogP contribution is 2.30. The van der Waals surface area contributed by atoms with Crippen LogP contribution in [0.2, 0.25) is 0 Å². The van der Waals surface area contributed by atoms with Crippen molar-refractivity contribution >= 4 is 21.7 Å². The molecular weight excluding hydrogens is 328 g/mol. The maximum Gasteiger partial charge on any atom is 0.149 e. The van der Waals surface area contributed by atoms with Crippen LogP contribution in [0.1, 0.15) is 19.7 Å². The second-order valence-electron chi connectivity index (χ2n) is 4.16. The number of rotatable bonds is 4. The Hall–Kier alpha value is -1.56. The highest BCUT2D eigenvalue weighted by atomic mass is 79.9. The summed E-state index contributed by atoms with van der Waals surface area (Å²) in [5, 5.41) is 3.04. The molecule has 0 spiro atoms. The van der Waals surface area contributed by atoms with E-state index < -0.39 is 11.6 Å². The van der Waals surface area contributed by atoms with Crippen molar-refractivity contribution < 1.29 is 8.78 Å². The first-order chi connectivity index (χ1) is 9.56. The fourth-order valence-electron chi connectivity index (χ4n) is 1.82. The van der Waals surface area contributed by atoms with Gasteiger partial charge in [-0.25, -0.2) is 18.7 Å². The molecule has 0 unspecified atom stereocenters. The Morgan fingerprint density at radius 1 is 1.20 bits per heavy atom. The lowest BCUT2D eigenvalue weighted by molar-refractivity contribution is 0.584. The highest BCUT2D eigenvalue weighted by Gasteiger charge is 2.17. The lowest BCUT2D eigenvalue weighted by atomic mass is 10.1. The Bertz CT molecular complexity index is 632. The summed E-state index contributed by atoms with van der Waals surface area (Å²) in [5.41, 5.74) is 0.0970. The Morgan fingerprint density at radius 3 is 2.60 bits per heavy atom. The van der Waals surface area contributed by atoms with E-state index in [2.05, 4.69) is 31.2 Å². The molecule has 0 aliphatic carbocycles. The monoisotopic (exact) mass is 341 g/mol. The van der Waals surface area contributed by atoms with Gasteiger partial charge in [0.1, 0.15) is 23.3 Å². The Morgan fingerprint density at radius 2 is 1.95 bits per heavy atom. The van der Waals surface area contributed by atoms with Gasteiger partial charge in [0.2, 0.25) is 0 Å². The summed E-state index contributed by atoms with van der Waals surface area (Å²) in [7, 11) is 0. The van der Waals surface area contributed by atoms with Crippen molar-refractivity contribution in [1.29, 1.82) is 0 Å². The van der Waals surface area contributed by atoms with E-state index in [1.807, 2.05) is 13.8 Å². The lowest BCUT2D eigenvalue weighted by Crippen LogP contribution is -2.05. The zero-order valence-corrected chi connectivity index (χ0v) is 12.8. The normalized spacial score (nSPS) is 10.7. The molecule has 0 aliphatic rings. The fourth-order valence-corrected chi connectivity index (χ4v) is 2.15. The molecule has 0 amide bonds. The van der Waals surface area contributed by atoms with E-state index >= 15 is 0 Å². The molecule has 2 aromatic rings. The fraction of sp³-hybridized carbons (Fsp3) is 0.286. The van der Waals surface area contributed by atoms with E-state index in [9.17, 15) is 8.78 Å². The van der Waals surface area contributed by atoms with Crippen molar-refractivity contribution in [2.75, 3.05) is 11.9 Å². The Kier molecular flexibility index (Phi) is 4.65. The third-order valence-electron chi connectivity index (χ3n) is 2.75. The van der Waals surface area contributed by atoms with Crippen LogP contribution in [0.25, 0.3) is 11.3 Å². The van der Waals surface area contributed by atoms with Gasteiger partial charge in [-0.15, -0.1) is 0 Å². The second-order valence-corrected chi connectivity index (χ2v) is 5.01. The van der Waals surface area contributed by atoms with Crippen molar-refractivity contribution in [3.05, 3.63) is 40.1 Å². The van der Waals surface area contributed by atoms with Gasteiger partial charge < -0.3 is 5.32 Å². The van der Waals surface area contributed by atoms with Gasteiger partial charge in [0.05, 0.1) is 15.7 Å². The first kappa shape index (κ1) is 14.8. The van der Waals surface area contributed by atoms with Crippen LogP contribution in [0.3, 0.4) is 0 Å². The van der Waals surface area contributed by atoms with Crippen LogP contribution < -0.4 is 5.32 Å². The summed E-state index contributed by atoms with van der Waals surface area (Å²) in [4.78, 5) is 8.49. The molecule has 0 bridgehead atoms. The van der Waals surface area contributed by atoms with Crippen LogP contribution in [0.4, 0.5) is 14.6 Å². The van der Waals surface area contributed by atoms with Crippen molar-refractivity contribution in [3.8, 4) is 11.3 Å². The van der Waals surface area contributed by atoms with Gasteiger partial charge in [-0.05, 0) is 35.0 Å². The summed E-state index contributed by atoms with van der Waals surface area (Å²) in [6.45, 7) is 4.49. The minimum atomic E-state index is -0.659. The van der Waals surface area contributed by atoms with Gasteiger partial charge in [0, 0.05) is 19.0 Å². The van der Waals surface area contributed by atoms with Gasteiger partial charge >= 0.3 is 0 Å². The van der Waals surface area contributed by atoms with Gasteiger partial charge in [0.15, 0.2) is 0 Å². The molecule has 0 atom stereocenters. The summed E-state index contributed by atoms with van der Waals surface area (Å²) >= 11 is 3.06. The van der Waals surface area contributed by atoms with E-state index in [4.69, 9.17) is 0 Å². The molecular formula is C14H14BrF2N3. The lowest BCUT2D eigenvalue weighted by Gasteiger charge is -2.10. The zero-order valence-electron chi connectivity index (χ0n) is 11.2. The molecule has 0 saturated heterocycles. The van der Waals surface area contributed by atoms with E-state index in [1.165, 1.54) is 12.1 Å². The number of benzene rings is 1. The molecule has 1 aromatic heterocycles. The molecule has 0 radical (unpaired) electrons. The number of hydrogen-bond acceptors (Lipinski definition) is 3. The van der Waals surface area contributed by atoms with Gasteiger partial charge in [-0.1, -0.05) is 6.92 Å². The molecule has 20 heavy (non-hydrogen) atoms. The molecule has 0 saturated carbocycles. The van der Waals surface area contributed by atoms with Crippen molar-refractivity contribution in [3.63, 3.8) is 0 Å². The number of hydrogen-bond donors (Lipinski definition) is 1. The summed E-state index contributed by atoms with van der Waals surface area (Å²) in [6, 6.07) is 4.10. The predicted molar refractivity (Wildman–Crippen MR) is 78.6 cm³/mol. The Balaban J connectivity index is 2.63. The molecule has 106 valence electrons. The quantitative estimate of drug-likeness (QED) is 0.847. The van der Waals surface area contributed by atoms with Gasteiger partial charge in [-0.3, -0.25) is 0 Å². The minimum absolute atomic E-state index is 0.143. The smallest absolute Gasteiger partial charge is 0.149 e. The minimum Gasteiger partial charge on any atom is -0.370 e. The van der Waals surface area contributed by atoms with Crippen molar-refractivity contribution in [1.82, 2.24) is 9.97 Å². The summed E-state index contributed by atoms with van der Waals surface area (Å²) < 4.78 is 28.3. The van der Waals surface area contributed by atoms with E-state index in [1.54, 1.807) is 6.07 Å². The number of anilines is 1. The van der Waals surface area contributed by atoms with Crippen LogP contribution in [0, 0.1) is 11.6 Å².